The third kappa shape index (κ3) is 5.64. The van der Waals surface area contributed by atoms with Crippen molar-refractivity contribution in [3.05, 3.63) is 0 Å². The first-order valence-corrected chi connectivity index (χ1v) is 6.61. The Morgan fingerprint density at radius 2 is 1.85 bits per heavy atom. The van der Waals surface area contributed by atoms with Crippen molar-refractivity contribution < 1.29 is 24.2 Å². The third-order valence-corrected chi connectivity index (χ3v) is 2.86. The molecule has 20 heavy (non-hydrogen) atoms. The Labute approximate surface area is 119 Å². The van der Waals surface area contributed by atoms with Crippen LogP contribution >= 0.6 is 0 Å². The molecule has 1 heterocycles. The molecule has 1 fully saturated rings. The van der Waals surface area contributed by atoms with E-state index in [4.69, 9.17) is 14.6 Å². The summed E-state index contributed by atoms with van der Waals surface area (Å²) in [5.74, 6) is 0. The van der Waals surface area contributed by atoms with E-state index in [0.717, 1.165) is 0 Å². The number of ether oxygens (including phenoxy) is 2. The normalized spacial score (nSPS) is 25.6. The molecule has 116 valence electrons. The van der Waals surface area contributed by atoms with E-state index in [0.29, 0.717) is 6.42 Å². The molecule has 2 atom stereocenters. The van der Waals surface area contributed by atoms with Gasteiger partial charge in [-0.05, 0) is 41.0 Å². The highest BCUT2D eigenvalue weighted by molar-refractivity contribution is 5.69. The number of carbonyl (C=O) groups is 2. The minimum absolute atomic E-state index is 0.208. The second-order valence-corrected chi connectivity index (χ2v) is 6.58. The van der Waals surface area contributed by atoms with Crippen LogP contribution in [0.5, 0.6) is 0 Å². The van der Waals surface area contributed by atoms with E-state index in [1.54, 1.807) is 20.8 Å². The van der Waals surface area contributed by atoms with Gasteiger partial charge in [-0.25, -0.2) is 9.59 Å². The fourth-order valence-electron chi connectivity index (χ4n) is 2.07. The standard InChI is InChI=1S/C13H24N2O5/c1-12(2,3)20-11(18)15-8-6-13(4,5)19-7-9(8)14-10(16)17/h8-9,14H,6-7H2,1-5H3,(H,15,18)(H,16,17)/t8-,9+/m0/s1. The Morgan fingerprint density at radius 1 is 1.25 bits per heavy atom. The van der Waals surface area contributed by atoms with Crippen LogP contribution in [0.1, 0.15) is 41.0 Å². The number of alkyl carbamates (subject to hydrolysis) is 1. The van der Waals surface area contributed by atoms with Gasteiger partial charge in [0.2, 0.25) is 0 Å². The molecule has 1 aliphatic rings. The molecule has 0 bridgehead atoms. The van der Waals surface area contributed by atoms with Gasteiger partial charge < -0.3 is 25.2 Å². The lowest BCUT2D eigenvalue weighted by Crippen LogP contribution is -2.60. The zero-order valence-electron chi connectivity index (χ0n) is 12.6. The van der Waals surface area contributed by atoms with Gasteiger partial charge in [0.1, 0.15) is 5.60 Å². The van der Waals surface area contributed by atoms with Crippen molar-refractivity contribution in [2.24, 2.45) is 0 Å². The van der Waals surface area contributed by atoms with Crippen molar-refractivity contribution in [2.75, 3.05) is 6.61 Å². The van der Waals surface area contributed by atoms with Gasteiger partial charge in [-0.15, -0.1) is 0 Å². The van der Waals surface area contributed by atoms with Crippen LogP contribution in [0.3, 0.4) is 0 Å². The summed E-state index contributed by atoms with van der Waals surface area (Å²) in [4.78, 5) is 22.6. The third-order valence-electron chi connectivity index (χ3n) is 2.86. The Morgan fingerprint density at radius 3 is 2.35 bits per heavy atom. The number of carbonyl (C=O) groups excluding carboxylic acids is 1. The molecule has 0 spiro atoms. The summed E-state index contributed by atoms with van der Waals surface area (Å²) in [6.07, 6.45) is -1.20. The summed E-state index contributed by atoms with van der Waals surface area (Å²) < 4.78 is 10.8. The van der Waals surface area contributed by atoms with Crippen LogP contribution in [0.2, 0.25) is 0 Å². The van der Waals surface area contributed by atoms with E-state index >= 15 is 0 Å². The summed E-state index contributed by atoms with van der Waals surface area (Å²) in [7, 11) is 0. The average molecular weight is 288 g/mol. The van der Waals surface area contributed by atoms with E-state index in [1.165, 1.54) is 0 Å². The van der Waals surface area contributed by atoms with Gasteiger partial charge in [0, 0.05) is 0 Å². The van der Waals surface area contributed by atoms with Crippen LogP contribution in [-0.4, -0.2) is 47.2 Å². The molecule has 2 amide bonds. The molecule has 7 heteroatoms. The van der Waals surface area contributed by atoms with Gasteiger partial charge in [0.05, 0.1) is 24.3 Å². The molecule has 0 aromatic rings. The molecule has 0 saturated carbocycles. The maximum Gasteiger partial charge on any atom is 0.407 e. The van der Waals surface area contributed by atoms with E-state index in [2.05, 4.69) is 10.6 Å². The molecule has 7 nitrogen and oxygen atoms in total. The Bertz CT molecular complexity index is 375. The van der Waals surface area contributed by atoms with Gasteiger partial charge in [-0.3, -0.25) is 0 Å². The maximum absolute atomic E-state index is 11.8. The first kappa shape index (κ1) is 16.6. The summed E-state index contributed by atoms with van der Waals surface area (Å²) in [5, 5.41) is 13.9. The number of hydrogen-bond acceptors (Lipinski definition) is 4. The van der Waals surface area contributed by atoms with Crippen LogP contribution in [0.15, 0.2) is 0 Å². The van der Waals surface area contributed by atoms with Crippen molar-refractivity contribution in [1.29, 1.82) is 0 Å². The minimum Gasteiger partial charge on any atom is -0.465 e. The van der Waals surface area contributed by atoms with Gasteiger partial charge in [-0.2, -0.15) is 0 Å². The SMILES string of the molecule is CC(C)(C)OC(=O)N[C@H]1CC(C)(C)OC[C@H]1NC(=O)O. The Kier molecular flexibility index (Phi) is 4.86. The van der Waals surface area contributed by atoms with Crippen molar-refractivity contribution in [3.8, 4) is 0 Å². The Balaban J connectivity index is 2.69. The Hall–Kier alpha value is -1.50. The molecule has 1 saturated heterocycles. The molecular weight excluding hydrogens is 264 g/mol. The summed E-state index contributed by atoms with van der Waals surface area (Å²) in [6, 6.07) is -0.863. The lowest BCUT2D eigenvalue weighted by Gasteiger charge is -2.40. The summed E-state index contributed by atoms with van der Waals surface area (Å²) >= 11 is 0. The van der Waals surface area contributed by atoms with E-state index in [9.17, 15) is 9.59 Å². The zero-order valence-corrected chi connectivity index (χ0v) is 12.6. The average Bonchev–Trinajstić information content (AvgIpc) is 2.18. The van der Waals surface area contributed by atoms with Gasteiger partial charge >= 0.3 is 12.2 Å². The van der Waals surface area contributed by atoms with Crippen LogP contribution in [0, 0.1) is 0 Å². The largest absolute Gasteiger partial charge is 0.465 e. The number of carboxylic acid groups (broad SMARTS) is 1. The van der Waals surface area contributed by atoms with Crippen molar-refractivity contribution in [2.45, 2.75) is 64.3 Å². The number of amides is 2. The van der Waals surface area contributed by atoms with Crippen molar-refractivity contribution in [3.63, 3.8) is 0 Å². The highest BCUT2D eigenvalue weighted by Crippen LogP contribution is 2.24. The fraction of sp³-hybridized carbons (Fsp3) is 0.846. The molecule has 3 N–H and O–H groups in total. The van der Waals surface area contributed by atoms with Crippen LogP contribution in [0.4, 0.5) is 9.59 Å². The van der Waals surface area contributed by atoms with Gasteiger partial charge in [0.15, 0.2) is 0 Å². The van der Waals surface area contributed by atoms with E-state index < -0.39 is 29.4 Å². The molecular formula is C13H24N2O5. The second kappa shape index (κ2) is 5.87. The van der Waals surface area contributed by atoms with Gasteiger partial charge in [-0.1, -0.05) is 0 Å². The summed E-state index contributed by atoms with van der Waals surface area (Å²) in [5.41, 5.74) is -1.02. The molecule has 0 aromatic heterocycles. The molecule has 0 aromatic carbocycles. The first-order valence-electron chi connectivity index (χ1n) is 6.61. The molecule has 1 aliphatic heterocycles. The van der Waals surface area contributed by atoms with Crippen LogP contribution in [0.25, 0.3) is 0 Å². The molecule has 1 rings (SSSR count). The van der Waals surface area contributed by atoms with E-state index in [-0.39, 0.29) is 12.6 Å². The first-order chi connectivity index (χ1) is 8.98. The highest BCUT2D eigenvalue weighted by Gasteiger charge is 2.38. The lowest BCUT2D eigenvalue weighted by molar-refractivity contribution is -0.0772. The minimum atomic E-state index is -1.14. The van der Waals surface area contributed by atoms with Gasteiger partial charge in [0.25, 0.3) is 0 Å². The van der Waals surface area contributed by atoms with E-state index in [1.807, 2.05) is 13.8 Å². The number of rotatable bonds is 2. The maximum atomic E-state index is 11.8. The number of nitrogens with one attached hydrogen (secondary N) is 2. The highest BCUT2D eigenvalue weighted by atomic mass is 16.6. The van der Waals surface area contributed by atoms with Crippen molar-refractivity contribution >= 4 is 12.2 Å². The predicted octanol–water partition coefficient (Wildman–Crippen LogP) is 1.71. The second-order valence-electron chi connectivity index (χ2n) is 6.58. The molecule has 0 radical (unpaired) electrons. The van der Waals surface area contributed by atoms with Crippen LogP contribution < -0.4 is 10.6 Å². The lowest BCUT2D eigenvalue weighted by atomic mass is 9.91. The fourth-order valence-corrected chi connectivity index (χ4v) is 2.07. The zero-order chi connectivity index (χ0) is 15.6. The molecule has 0 unspecified atom stereocenters. The number of hydrogen-bond donors (Lipinski definition) is 3. The quantitative estimate of drug-likeness (QED) is 0.718. The summed E-state index contributed by atoms with van der Waals surface area (Å²) in [6.45, 7) is 9.32. The van der Waals surface area contributed by atoms with Crippen molar-refractivity contribution in [1.82, 2.24) is 10.6 Å². The molecule has 0 aliphatic carbocycles. The predicted molar refractivity (Wildman–Crippen MR) is 72.8 cm³/mol. The monoisotopic (exact) mass is 288 g/mol. The van der Waals surface area contributed by atoms with Crippen LogP contribution in [-0.2, 0) is 9.47 Å². The smallest absolute Gasteiger partial charge is 0.407 e. The topological polar surface area (TPSA) is 96.9 Å².